The van der Waals surface area contributed by atoms with Crippen LogP contribution >= 0.6 is 0 Å². The molecule has 0 amide bonds. The number of rotatable bonds is 9. The molecule has 18 aromatic rings. The normalized spacial score (nSPS) is 11.8. The number of para-hydroxylation sites is 4. The molecule has 0 N–H and O–H groups in total. The highest BCUT2D eigenvalue weighted by atomic mass is 15.1. The van der Waals surface area contributed by atoms with Gasteiger partial charge in [-0.05, 0) is 123 Å². The fraction of sp³-hybridized carbons (Fsp3) is 0. The Kier molecular flexibility index (Phi) is 11.6. The predicted octanol–water partition coefficient (Wildman–Crippen LogP) is 22.3. The van der Waals surface area contributed by atoms with Crippen LogP contribution in [0, 0.1) is 11.3 Å². The van der Waals surface area contributed by atoms with Crippen molar-refractivity contribution >= 4 is 87.2 Å². The molecule has 0 aliphatic carbocycles. The Hall–Kier alpha value is -12.2. The molecule has 0 bridgehead atoms. The molecule has 0 saturated carbocycles. The summed E-state index contributed by atoms with van der Waals surface area (Å²) in [5.41, 5.74) is 22.8. The molecular formula is C85H53N5. The smallest absolute Gasteiger partial charge is 0.104 e. The lowest BCUT2D eigenvalue weighted by atomic mass is 9.93. The van der Waals surface area contributed by atoms with E-state index < -0.39 is 0 Å². The molecule has 4 aromatic heterocycles. The minimum absolute atomic E-state index is 0.523. The summed E-state index contributed by atoms with van der Waals surface area (Å²) in [5.74, 6) is 0. The van der Waals surface area contributed by atoms with E-state index in [0.29, 0.717) is 5.56 Å². The first-order valence-electron chi connectivity index (χ1n) is 30.7. The number of nitrogens with zero attached hydrogens (tertiary/aromatic N) is 5. The Morgan fingerprint density at radius 3 is 0.744 bits per heavy atom. The van der Waals surface area contributed by atoms with Gasteiger partial charge in [0.2, 0.25) is 0 Å². The van der Waals surface area contributed by atoms with Crippen LogP contribution in [0.15, 0.2) is 322 Å². The number of hydrogen-bond acceptors (Lipinski definition) is 1. The first-order chi connectivity index (χ1) is 44.7. The summed E-state index contributed by atoms with van der Waals surface area (Å²) in [7, 11) is 0. The summed E-state index contributed by atoms with van der Waals surface area (Å²) >= 11 is 0. The Morgan fingerprint density at radius 1 is 0.189 bits per heavy atom. The van der Waals surface area contributed by atoms with E-state index in [2.05, 4.69) is 346 Å². The maximum Gasteiger partial charge on any atom is 0.104 e. The average Bonchev–Trinajstić information content (AvgIpc) is 1.52. The monoisotopic (exact) mass is 1140 g/mol. The molecule has 4 heterocycles. The van der Waals surface area contributed by atoms with Gasteiger partial charge in [-0.1, -0.05) is 249 Å². The third kappa shape index (κ3) is 7.75. The summed E-state index contributed by atoms with van der Waals surface area (Å²) in [5, 5.41) is 22.0. The van der Waals surface area contributed by atoms with E-state index in [0.717, 1.165) is 166 Å². The van der Waals surface area contributed by atoms with Crippen molar-refractivity contribution in [1.82, 2.24) is 18.3 Å². The van der Waals surface area contributed by atoms with Crippen LogP contribution in [0.2, 0.25) is 0 Å². The molecular weight excluding hydrogens is 1090 g/mol. The second-order valence-electron chi connectivity index (χ2n) is 23.4. The molecule has 5 nitrogen and oxygen atoms in total. The summed E-state index contributed by atoms with van der Waals surface area (Å²) in [6.07, 6.45) is 0. The topological polar surface area (TPSA) is 43.5 Å². The van der Waals surface area contributed by atoms with Crippen LogP contribution in [0.4, 0.5) is 0 Å². The number of fused-ring (bicyclic) bond motifs is 12. The van der Waals surface area contributed by atoms with E-state index in [1.165, 1.54) is 0 Å². The third-order valence-corrected chi connectivity index (χ3v) is 18.6. The van der Waals surface area contributed by atoms with Crippen molar-refractivity contribution in [2.75, 3.05) is 0 Å². The lowest BCUT2D eigenvalue weighted by molar-refractivity contribution is 1.03. The van der Waals surface area contributed by atoms with Crippen molar-refractivity contribution in [3.63, 3.8) is 0 Å². The highest BCUT2D eigenvalue weighted by molar-refractivity contribution is 6.18. The molecule has 0 atom stereocenters. The zero-order valence-corrected chi connectivity index (χ0v) is 48.8. The van der Waals surface area contributed by atoms with Gasteiger partial charge >= 0.3 is 0 Å². The number of nitriles is 1. The van der Waals surface area contributed by atoms with Crippen molar-refractivity contribution in [1.29, 1.82) is 5.26 Å². The van der Waals surface area contributed by atoms with Gasteiger partial charge in [-0.3, -0.25) is 0 Å². The van der Waals surface area contributed by atoms with E-state index in [4.69, 9.17) is 0 Å². The van der Waals surface area contributed by atoms with Crippen LogP contribution in [0.1, 0.15) is 5.56 Å². The van der Waals surface area contributed by atoms with E-state index in [9.17, 15) is 5.26 Å². The molecule has 0 aliphatic rings. The molecule has 5 heteroatoms. The van der Waals surface area contributed by atoms with Gasteiger partial charge in [0.25, 0.3) is 0 Å². The first-order valence-corrected chi connectivity index (χ1v) is 30.7. The molecule has 90 heavy (non-hydrogen) atoms. The summed E-state index contributed by atoms with van der Waals surface area (Å²) in [4.78, 5) is 0. The Balaban J connectivity index is 1.12. The Bertz CT molecular complexity index is 5640. The maximum absolute atomic E-state index is 13.2. The highest BCUT2D eigenvalue weighted by Crippen LogP contribution is 2.53. The van der Waals surface area contributed by atoms with Gasteiger partial charge in [-0.25, -0.2) is 0 Å². The zero-order valence-electron chi connectivity index (χ0n) is 48.8. The predicted molar refractivity (Wildman–Crippen MR) is 376 cm³/mol. The van der Waals surface area contributed by atoms with Gasteiger partial charge in [-0.2, -0.15) is 5.26 Å². The van der Waals surface area contributed by atoms with Gasteiger partial charge in [0, 0.05) is 48.7 Å². The van der Waals surface area contributed by atoms with Gasteiger partial charge < -0.3 is 18.3 Å². The van der Waals surface area contributed by atoms with E-state index in [-0.39, 0.29) is 0 Å². The minimum atomic E-state index is 0.523. The van der Waals surface area contributed by atoms with E-state index >= 15 is 0 Å². The van der Waals surface area contributed by atoms with Crippen molar-refractivity contribution < 1.29 is 0 Å². The molecule has 0 spiro atoms. The molecule has 418 valence electrons. The van der Waals surface area contributed by atoms with Gasteiger partial charge in [0.05, 0.1) is 66.9 Å². The summed E-state index contributed by atoms with van der Waals surface area (Å²) in [6, 6.07) is 120. The van der Waals surface area contributed by atoms with Crippen LogP contribution in [0.5, 0.6) is 0 Å². The van der Waals surface area contributed by atoms with Crippen LogP contribution in [-0.4, -0.2) is 18.3 Å². The number of hydrogen-bond donors (Lipinski definition) is 0. The quantitative estimate of drug-likeness (QED) is 0.142. The van der Waals surface area contributed by atoms with Gasteiger partial charge in [-0.15, -0.1) is 0 Å². The van der Waals surface area contributed by atoms with Crippen molar-refractivity contribution in [2.24, 2.45) is 0 Å². The summed E-state index contributed by atoms with van der Waals surface area (Å²) in [6.45, 7) is 0. The van der Waals surface area contributed by atoms with E-state index in [1.54, 1.807) is 0 Å². The highest BCUT2D eigenvalue weighted by Gasteiger charge is 2.35. The molecule has 0 radical (unpaired) electrons. The van der Waals surface area contributed by atoms with E-state index in [1.807, 2.05) is 0 Å². The number of benzene rings is 14. The SMILES string of the molecule is N#Cc1c(-n2c3ccc(-c4ccccc4)cc3c3cc(-c4ccccc4)ccc32)c(-c2ccccc2)c(-n2c3ccccc3c3ccccc32)c(-n2c3ccc(-c4ccccc4)cc3c3cc(-c4ccccc4)ccc32)c1-n1c2ccccc2c2ccccc21. The average molecular weight is 1140 g/mol. The standard InChI is InChI=1S/C85H53N5/c86-54-72-82(87-77-46-42-60(55-24-6-1-7-25-55)50-68(77)69-51-61(43-47-78(69)87)56-26-8-2-9-27-56)81(59-32-14-5-15-33-59)84(89-75-40-22-18-36-66(75)67-37-19-23-41-76(67)89)85(83(72)88-73-38-20-16-34-64(73)65-35-17-21-39-74(65)88)90-79-48-44-62(57-28-10-3-11-29-57)52-70(79)71-53-63(45-49-80(71)90)58-30-12-4-13-31-58/h1-53H. The lowest BCUT2D eigenvalue weighted by Gasteiger charge is -2.29. The lowest BCUT2D eigenvalue weighted by Crippen LogP contribution is -2.16. The second-order valence-corrected chi connectivity index (χ2v) is 23.4. The molecule has 14 aromatic carbocycles. The van der Waals surface area contributed by atoms with Gasteiger partial charge in [0.1, 0.15) is 11.6 Å². The first kappa shape index (κ1) is 51.0. The van der Waals surface area contributed by atoms with Gasteiger partial charge in [0.15, 0.2) is 0 Å². The Labute approximate surface area is 519 Å². The van der Waals surface area contributed by atoms with Crippen LogP contribution < -0.4 is 0 Å². The van der Waals surface area contributed by atoms with Crippen molar-refractivity contribution in [3.05, 3.63) is 327 Å². The van der Waals surface area contributed by atoms with Crippen LogP contribution in [-0.2, 0) is 0 Å². The minimum Gasteiger partial charge on any atom is -0.307 e. The largest absolute Gasteiger partial charge is 0.307 e. The van der Waals surface area contributed by atoms with Crippen molar-refractivity contribution in [3.8, 4) is 84.5 Å². The second kappa shape index (κ2) is 20.5. The van der Waals surface area contributed by atoms with Crippen LogP contribution in [0.3, 0.4) is 0 Å². The molecule has 0 aliphatic heterocycles. The third-order valence-electron chi connectivity index (χ3n) is 18.6. The Morgan fingerprint density at radius 2 is 0.433 bits per heavy atom. The van der Waals surface area contributed by atoms with Crippen LogP contribution in [0.25, 0.3) is 166 Å². The number of aromatic nitrogens is 4. The fourth-order valence-electron chi connectivity index (χ4n) is 14.6. The fourth-order valence-corrected chi connectivity index (χ4v) is 14.6. The maximum atomic E-state index is 13.2. The summed E-state index contributed by atoms with van der Waals surface area (Å²) < 4.78 is 9.87. The zero-order chi connectivity index (χ0) is 59.4. The molecule has 0 unspecified atom stereocenters. The molecule has 0 saturated heterocycles. The molecule has 18 rings (SSSR count). The molecule has 0 fully saturated rings. The van der Waals surface area contributed by atoms with Crippen molar-refractivity contribution in [2.45, 2.75) is 0 Å².